The van der Waals surface area contributed by atoms with E-state index in [1.165, 1.54) is 0 Å². The normalized spacial score (nSPS) is 14.9. The van der Waals surface area contributed by atoms with Crippen molar-refractivity contribution in [1.29, 1.82) is 0 Å². The van der Waals surface area contributed by atoms with Crippen LogP contribution in [0.15, 0.2) is 57.7 Å². The molecule has 0 radical (unpaired) electrons. The lowest BCUT2D eigenvalue weighted by Gasteiger charge is -2.34. The highest BCUT2D eigenvalue weighted by Crippen LogP contribution is 2.14. The van der Waals surface area contributed by atoms with Gasteiger partial charge >= 0.3 is 5.76 Å². The van der Waals surface area contributed by atoms with E-state index in [9.17, 15) is 14.4 Å². The number of benzene rings is 2. The third-order valence-electron chi connectivity index (χ3n) is 5.37. The third-order valence-corrected chi connectivity index (χ3v) is 5.62. The summed E-state index contributed by atoms with van der Waals surface area (Å²) in [7, 11) is 0. The average molecular weight is 428 g/mol. The Morgan fingerprint density at radius 1 is 0.933 bits per heavy atom. The summed E-state index contributed by atoms with van der Waals surface area (Å²) >= 11 is 5.89. The minimum absolute atomic E-state index is 0.0875. The van der Waals surface area contributed by atoms with Gasteiger partial charge in [-0.2, -0.15) is 0 Å². The van der Waals surface area contributed by atoms with E-state index >= 15 is 0 Å². The van der Waals surface area contributed by atoms with Gasteiger partial charge in [-0.3, -0.25) is 14.5 Å². The van der Waals surface area contributed by atoms with Gasteiger partial charge in [-0.1, -0.05) is 35.9 Å². The van der Waals surface area contributed by atoms with Crippen LogP contribution in [0, 0.1) is 0 Å². The van der Waals surface area contributed by atoms with Gasteiger partial charge in [0.05, 0.1) is 11.9 Å². The van der Waals surface area contributed by atoms with Gasteiger partial charge in [0.15, 0.2) is 5.58 Å². The zero-order valence-electron chi connectivity index (χ0n) is 16.4. The van der Waals surface area contributed by atoms with Crippen LogP contribution >= 0.6 is 11.6 Å². The molecule has 3 aromatic rings. The fraction of sp³-hybridized carbons (Fsp3) is 0.318. The Morgan fingerprint density at radius 2 is 1.63 bits per heavy atom. The van der Waals surface area contributed by atoms with Crippen LogP contribution in [0.1, 0.15) is 16.8 Å². The summed E-state index contributed by atoms with van der Waals surface area (Å²) in [6.07, 6.45) is 0.564. The first kappa shape index (κ1) is 20.4. The molecule has 0 N–H and O–H groups in total. The molecule has 30 heavy (non-hydrogen) atoms. The Bertz CT molecular complexity index is 1110. The van der Waals surface area contributed by atoms with E-state index in [0.29, 0.717) is 55.3 Å². The predicted molar refractivity (Wildman–Crippen MR) is 114 cm³/mol. The van der Waals surface area contributed by atoms with Crippen LogP contribution in [0.25, 0.3) is 11.1 Å². The van der Waals surface area contributed by atoms with Crippen LogP contribution in [0.5, 0.6) is 0 Å². The van der Waals surface area contributed by atoms with Crippen LogP contribution in [-0.2, 0) is 11.2 Å². The van der Waals surface area contributed by atoms with Gasteiger partial charge in [0.25, 0.3) is 0 Å². The van der Waals surface area contributed by atoms with E-state index in [-0.39, 0.29) is 18.2 Å². The van der Waals surface area contributed by atoms with Gasteiger partial charge in [0.2, 0.25) is 11.8 Å². The SMILES string of the molecule is O=C(Cc1ccc(Cl)cc1)N1CCN(CCC(=O)n2c(=O)oc3ccccc32)CC1. The summed E-state index contributed by atoms with van der Waals surface area (Å²) in [6.45, 7) is 3.16. The van der Waals surface area contributed by atoms with Crippen LogP contribution in [0.2, 0.25) is 5.02 Å². The van der Waals surface area contributed by atoms with E-state index in [2.05, 4.69) is 4.90 Å². The fourth-order valence-corrected chi connectivity index (χ4v) is 3.80. The van der Waals surface area contributed by atoms with Crippen LogP contribution in [0.4, 0.5) is 0 Å². The molecule has 1 saturated heterocycles. The zero-order chi connectivity index (χ0) is 21.1. The van der Waals surface area contributed by atoms with Crippen molar-refractivity contribution in [2.45, 2.75) is 12.8 Å². The maximum atomic E-state index is 12.6. The van der Waals surface area contributed by atoms with Crippen molar-refractivity contribution in [3.63, 3.8) is 0 Å². The smallest absolute Gasteiger partial charge is 0.407 e. The molecule has 0 spiro atoms. The maximum absolute atomic E-state index is 12.6. The number of carbonyl (C=O) groups excluding carboxylic acids is 2. The molecule has 7 nitrogen and oxygen atoms in total. The van der Waals surface area contributed by atoms with E-state index in [1.807, 2.05) is 17.0 Å². The molecule has 1 amide bonds. The Hall–Kier alpha value is -2.90. The summed E-state index contributed by atoms with van der Waals surface area (Å²) in [5, 5.41) is 0.653. The van der Waals surface area contributed by atoms with Crippen molar-refractivity contribution in [1.82, 2.24) is 14.4 Å². The lowest BCUT2D eigenvalue weighted by Crippen LogP contribution is -2.49. The number of para-hydroxylation sites is 2. The molecule has 4 rings (SSSR count). The topological polar surface area (TPSA) is 75.8 Å². The molecule has 156 valence electrons. The van der Waals surface area contributed by atoms with Crippen molar-refractivity contribution >= 4 is 34.5 Å². The molecule has 0 saturated carbocycles. The van der Waals surface area contributed by atoms with E-state index in [0.717, 1.165) is 10.1 Å². The Labute approximate surface area is 178 Å². The lowest BCUT2D eigenvalue weighted by molar-refractivity contribution is -0.132. The number of piperazine rings is 1. The number of hydrogen-bond donors (Lipinski definition) is 0. The van der Waals surface area contributed by atoms with E-state index in [1.54, 1.807) is 36.4 Å². The zero-order valence-corrected chi connectivity index (χ0v) is 17.2. The number of carbonyl (C=O) groups is 2. The highest BCUT2D eigenvalue weighted by Gasteiger charge is 2.22. The quantitative estimate of drug-likeness (QED) is 0.625. The van der Waals surface area contributed by atoms with Crippen molar-refractivity contribution in [3.05, 3.63) is 69.7 Å². The second-order valence-corrected chi connectivity index (χ2v) is 7.78. The van der Waals surface area contributed by atoms with Gasteiger partial charge in [0.1, 0.15) is 0 Å². The molecule has 2 heterocycles. The minimum Gasteiger partial charge on any atom is -0.407 e. The second-order valence-electron chi connectivity index (χ2n) is 7.34. The standard InChI is InChI=1S/C22H22ClN3O4/c23-17-7-5-16(6-8-17)15-21(28)25-13-11-24(12-14-25)10-9-20(27)26-18-3-1-2-4-19(18)30-22(26)29/h1-8H,9-15H2. The Balaban J connectivity index is 1.28. The van der Waals surface area contributed by atoms with Crippen molar-refractivity contribution < 1.29 is 14.0 Å². The molecule has 0 aliphatic carbocycles. The van der Waals surface area contributed by atoms with Crippen LogP contribution in [-0.4, -0.2) is 58.9 Å². The molecule has 1 fully saturated rings. The van der Waals surface area contributed by atoms with Crippen molar-refractivity contribution in [2.75, 3.05) is 32.7 Å². The number of rotatable bonds is 5. The highest BCUT2D eigenvalue weighted by atomic mass is 35.5. The first-order chi connectivity index (χ1) is 14.5. The van der Waals surface area contributed by atoms with E-state index in [4.69, 9.17) is 16.0 Å². The molecule has 0 atom stereocenters. The molecular weight excluding hydrogens is 406 g/mol. The Kier molecular flexibility index (Phi) is 6.01. The number of oxazole rings is 1. The average Bonchev–Trinajstić information content (AvgIpc) is 3.09. The van der Waals surface area contributed by atoms with Crippen LogP contribution in [0.3, 0.4) is 0 Å². The summed E-state index contributed by atoms with van der Waals surface area (Å²) in [4.78, 5) is 41.1. The molecule has 1 aliphatic heterocycles. The Morgan fingerprint density at radius 3 is 2.37 bits per heavy atom. The monoisotopic (exact) mass is 427 g/mol. The van der Waals surface area contributed by atoms with Gasteiger partial charge in [-0.15, -0.1) is 0 Å². The maximum Gasteiger partial charge on any atom is 0.426 e. The van der Waals surface area contributed by atoms with Gasteiger partial charge in [-0.05, 0) is 29.8 Å². The molecule has 2 aromatic carbocycles. The number of aromatic nitrogens is 1. The fourth-order valence-electron chi connectivity index (χ4n) is 3.68. The molecule has 8 heteroatoms. The first-order valence-electron chi connectivity index (χ1n) is 9.89. The molecule has 0 unspecified atom stereocenters. The number of nitrogens with zero attached hydrogens (tertiary/aromatic N) is 3. The van der Waals surface area contributed by atoms with Crippen molar-refractivity contribution in [2.24, 2.45) is 0 Å². The third kappa shape index (κ3) is 4.47. The number of hydrogen-bond acceptors (Lipinski definition) is 5. The summed E-state index contributed by atoms with van der Waals surface area (Å²) in [5.74, 6) is -0.852. The number of fused-ring (bicyclic) bond motifs is 1. The number of halogens is 1. The van der Waals surface area contributed by atoms with E-state index < -0.39 is 5.76 Å². The van der Waals surface area contributed by atoms with Gasteiger partial charge < -0.3 is 9.32 Å². The lowest BCUT2D eigenvalue weighted by atomic mass is 10.1. The number of amides is 1. The largest absolute Gasteiger partial charge is 0.426 e. The van der Waals surface area contributed by atoms with Crippen molar-refractivity contribution in [3.8, 4) is 0 Å². The van der Waals surface area contributed by atoms with Crippen LogP contribution < -0.4 is 5.76 Å². The minimum atomic E-state index is -0.654. The molecule has 1 aliphatic rings. The first-order valence-corrected chi connectivity index (χ1v) is 10.3. The van der Waals surface area contributed by atoms with Gasteiger partial charge in [-0.25, -0.2) is 9.36 Å². The summed E-state index contributed by atoms with van der Waals surface area (Å²) < 4.78 is 6.23. The molecule has 0 bridgehead atoms. The second kappa shape index (κ2) is 8.85. The summed E-state index contributed by atoms with van der Waals surface area (Å²) in [5.41, 5.74) is 1.84. The highest BCUT2D eigenvalue weighted by molar-refractivity contribution is 6.30. The molecule has 1 aromatic heterocycles. The van der Waals surface area contributed by atoms with Gasteiger partial charge in [0, 0.05) is 44.2 Å². The summed E-state index contributed by atoms with van der Waals surface area (Å²) in [6, 6.07) is 14.2. The molecular formula is C22H22ClN3O4. The predicted octanol–water partition coefficient (Wildman–Crippen LogP) is 2.67.